The Morgan fingerprint density at radius 2 is 2.00 bits per heavy atom. The molecule has 0 radical (unpaired) electrons. The molecule has 3 nitrogen and oxygen atoms in total. The van der Waals surface area contributed by atoms with Crippen LogP contribution in [0.5, 0.6) is 0 Å². The number of carbonyl (C=O) groups is 1. The average molecular weight is 237 g/mol. The molecule has 0 aromatic carbocycles. The Balaban J connectivity index is 3.14. The maximum atomic E-state index is 11.7. The van der Waals surface area contributed by atoms with Crippen LogP contribution in [-0.2, 0) is 11.2 Å². The molecule has 3 heteroatoms. The highest BCUT2D eigenvalue weighted by Gasteiger charge is 2.18. The number of rotatable bonds is 5. The van der Waals surface area contributed by atoms with Gasteiger partial charge in [0.1, 0.15) is 5.69 Å². The number of hydrogen-bond donors (Lipinski definition) is 0. The Kier molecular flexibility index (Phi) is 4.79. The van der Waals surface area contributed by atoms with E-state index in [0.717, 1.165) is 12.8 Å². The number of hydrogen-bond acceptors (Lipinski definition) is 2. The predicted molar refractivity (Wildman–Crippen MR) is 69.3 cm³/mol. The summed E-state index contributed by atoms with van der Waals surface area (Å²) in [7, 11) is 1.43. The summed E-state index contributed by atoms with van der Waals surface area (Å²) in [5, 5.41) is 0. The summed E-state index contributed by atoms with van der Waals surface area (Å²) in [6.45, 7) is 8.64. The second kappa shape index (κ2) is 5.89. The van der Waals surface area contributed by atoms with Gasteiger partial charge >= 0.3 is 5.97 Å². The van der Waals surface area contributed by atoms with Gasteiger partial charge in [-0.15, -0.1) is 0 Å². The van der Waals surface area contributed by atoms with Crippen molar-refractivity contribution in [2.24, 2.45) is 5.92 Å². The van der Waals surface area contributed by atoms with Crippen LogP contribution in [0.4, 0.5) is 0 Å². The van der Waals surface area contributed by atoms with Crippen molar-refractivity contribution in [3.63, 3.8) is 0 Å². The largest absolute Gasteiger partial charge is 0.464 e. The third-order valence-electron chi connectivity index (χ3n) is 3.05. The molecule has 0 saturated heterocycles. The van der Waals surface area contributed by atoms with Gasteiger partial charge in [0.2, 0.25) is 0 Å². The van der Waals surface area contributed by atoms with Crippen LogP contribution in [0.3, 0.4) is 0 Å². The van der Waals surface area contributed by atoms with Gasteiger partial charge in [-0.2, -0.15) is 0 Å². The van der Waals surface area contributed by atoms with Crippen molar-refractivity contribution in [1.29, 1.82) is 0 Å². The smallest absolute Gasteiger partial charge is 0.354 e. The van der Waals surface area contributed by atoms with E-state index >= 15 is 0 Å². The molecule has 0 bridgehead atoms. The Labute approximate surface area is 104 Å². The van der Waals surface area contributed by atoms with Gasteiger partial charge in [-0.3, -0.25) is 0 Å². The zero-order valence-electron chi connectivity index (χ0n) is 11.5. The fourth-order valence-corrected chi connectivity index (χ4v) is 2.05. The first-order valence-electron chi connectivity index (χ1n) is 6.29. The molecule has 0 fully saturated rings. The van der Waals surface area contributed by atoms with E-state index in [-0.39, 0.29) is 5.97 Å². The first-order chi connectivity index (χ1) is 8.01. The zero-order chi connectivity index (χ0) is 13.0. The van der Waals surface area contributed by atoms with E-state index in [0.29, 0.717) is 17.7 Å². The van der Waals surface area contributed by atoms with Crippen molar-refractivity contribution in [2.45, 2.75) is 46.6 Å². The maximum absolute atomic E-state index is 11.7. The first kappa shape index (κ1) is 13.8. The third kappa shape index (κ3) is 3.11. The molecule has 17 heavy (non-hydrogen) atoms. The van der Waals surface area contributed by atoms with E-state index in [4.69, 9.17) is 4.74 Å². The molecule has 1 heterocycles. The highest BCUT2D eigenvalue weighted by Crippen LogP contribution is 2.22. The van der Waals surface area contributed by atoms with E-state index in [1.807, 2.05) is 12.1 Å². The third-order valence-corrected chi connectivity index (χ3v) is 3.05. The molecule has 0 unspecified atom stereocenters. The fraction of sp³-hybridized carbons (Fsp3) is 0.643. The molecule has 1 aromatic rings. The van der Waals surface area contributed by atoms with E-state index in [2.05, 4.69) is 32.3 Å². The van der Waals surface area contributed by atoms with Gasteiger partial charge in [0.25, 0.3) is 0 Å². The van der Waals surface area contributed by atoms with Gasteiger partial charge in [-0.25, -0.2) is 4.79 Å². The average Bonchev–Trinajstić information content (AvgIpc) is 2.69. The van der Waals surface area contributed by atoms with Gasteiger partial charge in [0.05, 0.1) is 7.11 Å². The lowest BCUT2D eigenvalue weighted by atomic mass is 10.1. The predicted octanol–water partition coefficient (Wildman–Crippen LogP) is 3.44. The number of esters is 1. The Bertz CT molecular complexity index is 380. The summed E-state index contributed by atoms with van der Waals surface area (Å²) in [6.07, 6.45) is 1.99. The van der Waals surface area contributed by atoms with Crippen LogP contribution in [0.15, 0.2) is 12.1 Å². The van der Waals surface area contributed by atoms with Gasteiger partial charge in [-0.05, 0) is 37.8 Å². The molecule has 1 aromatic heterocycles. The first-order valence-corrected chi connectivity index (χ1v) is 6.29. The molecule has 0 aliphatic rings. The molecule has 0 amide bonds. The van der Waals surface area contributed by atoms with Gasteiger partial charge in [0, 0.05) is 11.7 Å². The minimum atomic E-state index is -0.250. The molecule has 0 aliphatic carbocycles. The molecular weight excluding hydrogens is 214 g/mol. The number of nitrogens with zero attached hydrogens (tertiary/aromatic N) is 1. The fourth-order valence-electron chi connectivity index (χ4n) is 2.05. The molecule has 0 saturated carbocycles. The topological polar surface area (TPSA) is 31.2 Å². The number of aromatic nitrogens is 1. The van der Waals surface area contributed by atoms with Crippen LogP contribution < -0.4 is 0 Å². The summed E-state index contributed by atoms with van der Waals surface area (Å²) in [5.74, 6) is 0.332. The second-order valence-corrected chi connectivity index (χ2v) is 4.93. The molecule has 1 atom stereocenters. The molecule has 0 aliphatic heterocycles. The van der Waals surface area contributed by atoms with E-state index in [1.54, 1.807) is 0 Å². The lowest BCUT2D eigenvalue weighted by molar-refractivity contribution is 0.0585. The molecule has 0 N–H and O–H groups in total. The summed E-state index contributed by atoms with van der Waals surface area (Å²) >= 11 is 0. The molecule has 96 valence electrons. The van der Waals surface area contributed by atoms with Crippen molar-refractivity contribution in [3.05, 3.63) is 23.5 Å². The quantitative estimate of drug-likeness (QED) is 0.734. The molecule has 0 spiro atoms. The Morgan fingerprint density at radius 1 is 1.35 bits per heavy atom. The monoisotopic (exact) mass is 237 g/mol. The Morgan fingerprint density at radius 3 is 2.47 bits per heavy atom. The lowest BCUT2D eigenvalue weighted by Gasteiger charge is -2.19. The Hall–Kier alpha value is -1.25. The van der Waals surface area contributed by atoms with E-state index in [9.17, 15) is 4.79 Å². The van der Waals surface area contributed by atoms with Crippen LogP contribution in [0.1, 0.15) is 56.3 Å². The van der Waals surface area contributed by atoms with Gasteiger partial charge < -0.3 is 9.30 Å². The minimum absolute atomic E-state index is 0.250. The number of carbonyl (C=O) groups excluding carboxylic acids is 1. The van der Waals surface area contributed by atoms with Crippen LogP contribution >= 0.6 is 0 Å². The van der Waals surface area contributed by atoms with Crippen molar-refractivity contribution >= 4 is 5.97 Å². The zero-order valence-corrected chi connectivity index (χ0v) is 11.5. The van der Waals surface area contributed by atoms with Crippen molar-refractivity contribution in [1.82, 2.24) is 4.57 Å². The van der Waals surface area contributed by atoms with Crippen molar-refractivity contribution < 1.29 is 9.53 Å². The highest BCUT2D eigenvalue weighted by molar-refractivity contribution is 5.87. The van der Waals surface area contributed by atoms with Gasteiger partial charge in [-0.1, -0.05) is 20.8 Å². The van der Waals surface area contributed by atoms with Crippen LogP contribution in [0.2, 0.25) is 0 Å². The normalized spacial score (nSPS) is 12.8. The summed E-state index contributed by atoms with van der Waals surface area (Å²) in [6, 6.07) is 4.24. The molecule has 1 rings (SSSR count). The van der Waals surface area contributed by atoms with Gasteiger partial charge in [0.15, 0.2) is 0 Å². The lowest BCUT2D eigenvalue weighted by Crippen LogP contribution is -2.17. The SMILES string of the molecule is CC[C@@H](C)n1c(CC(C)C)ccc1C(=O)OC. The van der Waals surface area contributed by atoms with Crippen LogP contribution in [0, 0.1) is 5.92 Å². The standard InChI is InChI=1S/C14H23NO2/c1-6-11(4)15-12(9-10(2)3)7-8-13(15)14(16)17-5/h7-8,10-11H,6,9H2,1-5H3/t11-/m1/s1. The number of ether oxygens (including phenoxy) is 1. The van der Waals surface area contributed by atoms with E-state index in [1.165, 1.54) is 12.8 Å². The van der Waals surface area contributed by atoms with Crippen LogP contribution in [-0.4, -0.2) is 17.6 Å². The van der Waals surface area contributed by atoms with Crippen molar-refractivity contribution in [3.8, 4) is 0 Å². The van der Waals surface area contributed by atoms with E-state index < -0.39 is 0 Å². The number of methoxy groups -OCH3 is 1. The summed E-state index contributed by atoms with van der Waals surface area (Å²) in [4.78, 5) is 11.7. The van der Waals surface area contributed by atoms with Crippen LogP contribution in [0.25, 0.3) is 0 Å². The second-order valence-electron chi connectivity index (χ2n) is 4.93. The highest BCUT2D eigenvalue weighted by atomic mass is 16.5. The minimum Gasteiger partial charge on any atom is -0.464 e. The maximum Gasteiger partial charge on any atom is 0.354 e. The summed E-state index contributed by atoms with van der Waals surface area (Å²) in [5.41, 5.74) is 1.88. The van der Waals surface area contributed by atoms with Crippen molar-refractivity contribution in [2.75, 3.05) is 7.11 Å². The molecular formula is C14H23NO2. The summed E-state index contributed by atoms with van der Waals surface area (Å²) < 4.78 is 6.95.